The number of aromatic nitrogens is 3. The Morgan fingerprint density at radius 1 is 1.04 bits per heavy atom. The molecule has 0 saturated carbocycles. The molecule has 2 fully saturated rings. The first-order valence-electron chi connectivity index (χ1n) is 9.19. The van der Waals surface area contributed by atoms with Crippen molar-refractivity contribution in [2.24, 2.45) is 11.8 Å². The zero-order valence-corrected chi connectivity index (χ0v) is 14.4. The largest absolute Gasteiger partial charge is 0.396 e. The number of aryl methyl sites for hydroxylation is 1. The lowest BCUT2D eigenvalue weighted by molar-refractivity contribution is -0.130. The van der Waals surface area contributed by atoms with Crippen molar-refractivity contribution in [3.8, 4) is 0 Å². The number of hydrogen-bond donors (Lipinski definition) is 1. The molecular formula is C17H29N5O2. The Morgan fingerprint density at radius 2 is 1.71 bits per heavy atom. The molecule has 2 unspecified atom stereocenters. The Hall–Kier alpha value is -1.47. The Kier molecular flexibility index (Phi) is 6.20. The van der Waals surface area contributed by atoms with Gasteiger partial charge in [0.15, 0.2) is 0 Å². The van der Waals surface area contributed by atoms with Gasteiger partial charge in [0.1, 0.15) is 12.7 Å². The summed E-state index contributed by atoms with van der Waals surface area (Å²) in [6.45, 7) is 5.60. The van der Waals surface area contributed by atoms with Crippen LogP contribution in [0.25, 0.3) is 0 Å². The van der Waals surface area contributed by atoms with E-state index in [-0.39, 0.29) is 18.4 Å². The van der Waals surface area contributed by atoms with Crippen LogP contribution in [-0.4, -0.2) is 74.9 Å². The summed E-state index contributed by atoms with van der Waals surface area (Å²) < 4.78 is 1.83. The van der Waals surface area contributed by atoms with Crippen molar-refractivity contribution in [3.63, 3.8) is 0 Å². The van der Waals surface area contributed by atoms with E-state index in [4.69, 9.17) is 0 Å². The number of aliphatic hydroxyl groups is 1. The second-order valence-corrected chi connectivity index (χ2v) is 7.17. The van der Waals surface area contributed by atoms with Crippen LogP contribution in [0.3, 0.4) is 0 Å². The Bertz CT molecular complexity index is 499. The van der Waals surface area contributed by atoms with Gasteiger partial charge in [-0.15, -0.1) is 10.2 Å². The maximum absolute atomic E-state index is 12.5. The number of carbonyl (C=O) groups is 1. The van der Waals surface area contributed by atoms with Gasteiger partial charge >= 0.3 is 0 Å². The van der Waals surface area contributed by atoms with Gasteiger partial charge in [0.2, 0.25) is 5.91 Å². The molecule has 134 valence electrons. The molecule has 24 heavy (non-hydrogen) atoms. The molecule has 0 spiro atoms. The smallest absolute Gasteiger partial charge is 0.224 e. The zero-order valence-electron chi connectivity index (χ0n) is 14.4. The quantitative estimate of drug-likeness (QED) is 0.824. The standard InChI is InChI=1S/C17H29N5O2/c23-12-16-11-22(17(24)5-8-21-13-18-19-14-21)10-15(16)9-20-6-3-1-2-4-7-20/h13-16,23H,1-12H2. The van der Waals surface area contributed by atoms with Crippen LogP contribution in [0.1, 0.15) is 32.1 Å². The van der Waals surface area contributed by atoms with Crippen molar-refractivity contribution in [2.75, 3.05) is 39.3 Å². The minimum atomic E-state index is 0.167. The van der Waals surface area contributed by atoms with Crippen molar-refractivity contribution >= 4 is 5.91 Å². The summed E-state index contributed by atoms with van der Waals surface area (Å²) in [5, 5.41) is 17.2. The third-order valence-corrected chi connectivity index (χ3v) is 5.41. The number of rotatable bonds is 6. The van der Waals surface area contributed by atoms with Gasteiger partial charge < -0.3 is 19.5 Å². The van der Waals surface area contributed by atoms with Crippen LogP contribution in [0.5, 0.6) is 0 Å². The van der Waals surface area contributed by atoms with Gasteiger partial charge in [-0.2, -0.15) is 0 Å². The molecule has 0 radical (unpaired) electrons. The fourth-order valence-electron chi connectivity index (χ4n) is 3.93. The van der Waals surface area contributed by atoms with Gasteiger partial charge in [-0.25, -0.2) is 0 Å². The normalized spacial score (nSPS) is 25.8. The summed E-state index contributed by atoms with van der Waals surface area (Å²) in [5.74, 6) is 0.777. The summed E-state index contributed by atoms with van der Waals surface area (Å²) in [6.07, 6.45) is 8.95. The van der Waals surface area contributed by atoms with Crippen LogP contribution in [0.2, 0.25) is 0 Å². The second kappa shape index (κ2) is 8.58. The van der Waals surface area contributed by atoms with Crippen LogP contribution in [0, 0.1) is 11.8 Å². The number of hydrogen-bond acceptors (Lipinski definition) is 5. The fourth-order valence-corrected chi connectivity index (χ4v) is 3.93. The maximum Gasteiger partial charge on any atom is 0.224 e. The topological polar surface area (TPSA) is 74.5 Å². The van der Waals surface area contributed by atoms with E-state index in [1.165, 1.54) is 25.7 Å². The highest BCUT2D eigenvalue weighted by Gasteiger charge is 2.35. The highest BCUT2D eigenvalue weighted by Crippen LogP contribution is 2.25. The molecule has 3 heterocycles. The SMILES string of the molecule is O=C(CCn1cnnc1)N1CC(CO)C(CN2CCCCCC2)C1. The van der Waals surface area contributed by atoms with E-state index < -0.39 is 0 Å². The number of carbonyl (C=O) groups excluding carboxylic acids is 1. The van der Waals surface area contributed by atoms with Crippen LogP contribution >= 0.6 is 0 Å². The number of likely N-dealkylation sites (tertiary alicyclic amines) is 2. The van der Waals surface area contributed by atoms with Gasteiger partial charge in [-0.3, -0.25) is 4.79 Å². The van der Waals surface area contributed by atoms with Gasteiger partial charge in [-0.05, 0) is 31.8 Å². The molecule has 0 bridgehead atoms. The van der Waals surface area contributed by atoms with Crippen LogP contribution in [0.15, 0.2) is 12.7 Å². The lowest BCUT2D eigenvalue weighted by atomic mass is 9.96. The molecule has 2 saturated heterocycles. The molecule has 0 aromatic carbocycles. The second-order valence-electron chi connectivity index (χ2n) is 7.17. The van der Waals surface area contributed by atoms with E-state index >= 15 is 0 Å². The summed E-state index contributed by atoms with van der Waals surface area (Å²) in [7, 11) is 0. The van der Waals surface area contributed by atoms with Crippen molar-refractivity contribution in [3.05, 3.63) is 12.7 Å². The third kappa shape index (κ3) is 4.54. The van der Waals surface area contributed by atoms with E-state index in [0.717, 1.165) is 26.2 Å². The maximum atomic E-state index is 12.5. The van der Waals surface area contributed by atoms with Gasteiger partial charge in [0, 0.05) is 45.1 Å². The number of amides is 1. The molecule has 7 heteroatoms. The van der Waals surface area contributed by atoms with Crippen molar-refractivity contribution < 1.29 is 9.90 Å². The lowest BCUT2D eigenvalue weighted by Gasteiger charge is -2.26. The highest BCUT2D eigenvalue weighted by atomic mass is 16.3. The highest BCUT2D eigenvalue weighted by molar-refractivity contribution is 5.76. The monoisotopic (exact) mass is 335 g/mol. The van der Waals surface area contributed by atoms with E-state index in [9.17, 15) is 9.90 Å². The first kappa shape index (κ1) is 17.4. The minimum Gasteiger partial charge on any atom is -0.396 e. The van der Waals surface area contributed by atoms with E-state index in [1.807, 2.05) is 9.47 Å². The molecular weight excluding hydrogens is 306 g/mol. The molecule has 2 atom stereocenters. The lowest BCUT2D eigenvalue weighted by Crippen LogP contribution is -2.35. The Balaban J connectivity index is 1.50. The predicted molar refractivity (Wildman–Crippen MR) is 90.2 cm³/mol. The molecule has 0 aliphatic carbocycles. The summed E-state index contributed by atoms with van der Waals surface area (Å²) in [6, 6.07) is 0. The summed E-state index contributed by atoms with van der Waals surface area (Å²) in [5.41, 5.74) is 0. The molecule has 2 aliphatic heterocycles. The summed E-state index contributed by atoms with van der Waals surface area (Å²) >= 11 is 0. The minimum absolute atomic E-state index is 0.167. The molecule has 3 rings (SSSR count). The average molecular weight is 335 g/mol. The van der Waals surface area contributed by atoms with E-state index in [0.29, 0.717) is 25.4 Å². The summed E-state index contributed by atoms with van der Waals surface area (Å²) in [4.78, 5) is 16.9. The van der Waals surface area contributed by atoms with Crippen molar-refractivity contribution in [1.29, 1.82) is 0 Å². The van der Waals surface area contributed by atoms with Gasteiger partial charge in [0.05, 0.1) is 0 Å². The van der Waals surface area contributed by atoms with E-state index in [1.54, 1.807) is 12.7 Å². The predicted octanol–water partition coefficient (Wildman–Crippen LogP) is 0.611. The molecule has 1 amide bonds. The molecule has 7 nitrogen and oxygen atoms in total. The fraction of sp³-hybridized carbons (Fsp3) is 0.824. The molecule has 1 N–H and O–H groups in total. The zero-order chi connectivity index (χ0) is 16.8. The molecule has 1 aromatic rings. The molecule has 2 aliphatic rings. The van der Waals surface area contributed by atoms with Crippen LogP contribution in [0.4, 0.5) is 0 Å². The Morgan fingerprint density at radius 3 is 2.38 bits per heavy atom. The van der Waals surface area contributed by atoms with E-state index in [2.05, 4.69) is 15.1 Å². The van der Waals surface area contributed by atoms with Gasteiger partial charge in [0.25, 0.3) is 0 Å². The van der Waals surface area contributed by atoms with Crippen LogP contribution in [-0.2, 0) is 11.3 Å². The van der Waals surface area contributed by atoms with Gasteiger partial charge in [-0.1, -0.05) is 12.8 Å². The molecule has 1 aromatic heterocycles. The number of aliphatic hydroxyl groups excluding tert-OH is 1. The van der Waals surface area contributed by atoms with Crippen molar-refractivity contribution in [2.45, 2.75) is 38.6 Å². The third-order valence-electron chi connectivity index (χ3n) is 5.41. The Labute approximate surface area is 143 Å². The average Bonchev–Trinajstić information content (AvgIpc) is 3.18. The van der Waals surface area contributed by atoms with Crippen molar-refractivity contribution in [1.82, 2.24) is 24.6 Å². The first-order chi connectivity index (χ1) is 11.8. The van der Waals surface area contributed by atoms with Crippen LogP contribution < -0.4 is 0 Å². The number of nitrogens with zero attached hydrogens (tertiary/aromatic N) is 5. The first-order valence-corrected chi connectivity index (χ1v) is 9.19.